The number of hydrogen-bond donors (Lipinski definition) is 1. The summed E-state index contributed by atoms with van der Waals surface area (Å²) >= 11 is 0. The van der Waals surface area contributed by atoms with Gasteiger partial charge in [-0.15, -0.1) is 0 Å². The maximum absolute atomic E-state index is 5.61. The SMILES string of the molecule is COC1(CNCc2nc3ccccc3n2C)CCC1. The van der Waals surface area contributed by atoms with E-state index in [4.69, 9.17) is 4.74 Å². The molecule has 3 rings (SSSR count). The van der Waals surface area contributed by atoms with E-state index in [9.17, 15) is 0 Å². The predicted molar refractivity (Wildman–Crippen MR) is 76.0 cm³/mol. The number of para-hydroxylation sites is 2. The van der Waals surface area contributed by atoms with Crippen molar-refractivity contribution < 1.29 is 4.74 Å². The van der Waals surface area contributed by atoms with Crippen molar-refractivity contribution in [3.8, 4) is 0 Å². The Hall–Kier alpha value is -1.39. The first-order valence-electron chi connectivity index (χ1n) is 6.90. The minimum absolute atomic E-state index is 0.0740. The summed E-state index contributed by atoms with van der Waals surface area (Å²) in [6.45, 7) is 1.70. The highest BCUT2D eigenvalue weighted by Crippen LogP contribution is 2.34. The van der Waals surface area contributed by atoms with Crippen molar-refractivity contribution in [2.75, 3.05) is 13.7 Å². The number of nitrogens with one attached hydrogen (secondary N) is 1. The number of ether oxygens (including phenoxy) is 1. The number of rotatable bonds is 5. The molecule has 102 valence electrons. The van der Waals surface area contributed by atoms with E-state index < -0.39 is 0 Å². The molecule has 0 bridgehead atoms. The van der Waals surface area contributed by atoms with Crippen molar-refractivity contribution in [1.82, 2.24) is 14.9 Å². The van der Waals surface area contributed by atoms with E-state index in [1.165, 1.54) is 24.8 Å². The summed E-state index contributed by atoms with van der Waals surface area (Å²) < 4.78 is 7.77. The van der Waals surface area contributed by atoms with Crippen molar-refractivity contribution in [2.45, 2.75) is 31.4 Å². The molecule has 2 aromatic rings. The lowest BCUT2D eigenvalue weighted by Gasteiger charge is -2.40. The fourth-order valence-corrected chi connectivity index (χ4v) is 2.78. The highest BCUT2D eigenvalue weighted by atomic mass is 16.5. The van der Waals surface area contributed by atoms with Gasteiger partial charge in [0.1, 0.15) is 5.82 Å². The Morgan fingerprint density at radius 3 is 2.79 bits per heavy atom. The van der Waals surface area contributed by atoms with Gasteiger partial charge in [0.15, 0.2) is 0 Å². The second kappa shape index (κ2) is 4.94. The maximum atomic E-state index is 5.61. The summed E-state index contributed by atoms with van der Waals surface area (Å²) in [7, 11) is 3.89. The van der Waals surface area contributed by atoms with Gasteiger partial charge in [-0.3, -0.25) is 0 Å². The maximum Gasteiger partial charge on any atom is 0.123 e. The third kappa shape index (κ3) is 2.26. The summed E-state index contributed by atoms with van der Waals surface area (Å²) in [5.74, 6) is 1.08. The Balaban J connectivity index is 1.67. The van der Waals surface area contributed by atoms with Crippen LogP contribution in [0.4, 0.5) is 0 Å². The van der Waals surface area contributed by atoms with Gasteiger partial charge in [0.25, 0.3) is 0 Å². The van der Waals surface area contributed by atoms with E-state index >= 15 is 0 Å². The van der Waals surface area contributed by atoms with Crippen molar-refractivity contribution in [3.05, 3.63) is 30.1 Å². The standard InChI is InChI=1S/C15H21N3O/c1-18-13-7-4-3-6-12(13)17-14(18)10-16-11-15(19-2)8-5-9-15/h3-4,6-7,16H,5,8-11H2,1-2H3. The van der Waals surface area contributed by atoms with Gasteiger partial charge in [-0.1, -0.05) is 12.1 Å². The molecule has 0 atom stereocenters. The lowest BCUT2D eigenvalue weighted by molar-refractivity contribution is -0.0696. The van der Waals surface area contributed by atoms with Crippen LogP contribution in [0.25, 0.3) is 11.0 Å². The highest BCUT2D eigenvalue weighted by Gasteiger charge is 2.36. The number of aryl methyl sites for hydroxylation is 1. The van der Waals surface area contributed by atoms with Crippen LogP contribution in [0, 0.1) is 0 Å². The van der Waals surface area contributed by atoms with Crippen LogP contribution in [-0.2, 0) is 18.3 Å². The van der Waals surface area contributed by atoms with E-state index in [-0.39, 0.29) is 5.60 Å². The van der Waals surface area contributed by atoms with Gasteiger partial charge in [0.2, 0.25) is 0 Å². The van der Waals surface area contributed by atoms with E-state index in [1.54, 1.807) is 0 Å². The fraction of sp³-hybridized carbons (Fsp3) is 0.533. The second-order valence-corrected chi connectivity index (χ2v) is 5.42. The van der Waals surface area contributed by atoms with Crippen LogP contribution >= 0.6 is 0 Å². The molecule has 1 aliphatic rings. The molecule has 1 saturated carbocycles. The zero-order chi connectivity index (χ0) is 13.3. The molecule has 1 aliphatic carbocycles. The molecule has 0 unspecified atom stereocenters. The van der Waals surface area contributed by atoms with Gasteiger partial charge in [-0.25, -0.2) is 4.98 Å². The predicted octanol–water partition coefficient (Wildman–Crippen LogP) is 2.23. The van der Waals surface area contributed by atoms with Crippen LogP contribution in [0.2, 0.25) is 0 Å². The average Bonchev–Trinajstić information content (AvgIpc) is 2.70. The van der Waals surface area contributed by atoms with Gasteiger partial charge in [-0.05, 0) is 31.4 Å². The Bertz CT molecular complexity index is 566. The van der Waals surface area contributed by atoms with Crippen LogP contribution in [0.1, 0.15) is 25.1 Å². The molecule has 4 heteroatoms. The first kappa shape index (κ1) is 12.6. The molecule has 1 N–H and O–H groups in total. The number of nitrogens with zero attached hydrogens (tertiary/aromatic N) is 2. The quantitative estimate of drug-likeness (QED) is 0.895. The third-order valence-corrected chi connectivity index (χ3v) is 4.31. The van der Waals surface area contributed by atoms with E-state index in [0.717, 1.165) is 24.4 Å². The van der Waals surface area contributed by atoms with Crippen molar-refractivity contribution in [1.29, 1.82) is 0 Å². The van der Waals surface area contributed by atoms with E-state index in [2.05, 4.69) is 40.1 Å². The second-order valence-electron chi connectivity index (χ2n) is 5.42. The number of fused-ring (bicyclic) bond motifs is 1. The monoisotopic (exact) mass is 259 g/mol. The number of hydrogen-bond acceptors (Lipinski definition) is 3. The van der Waals surface area contributed by atoms with Gasteiger partial charge in [0.05, 0.1) is 23.2 Å². The zero-order valence-corrected chi connectivity index (χ0v) is 11.6. The molecule has 1 fully saturated rings. The molecule has 1 aromatic carbocycles. The summed E-state index contributed by atoms with van der Waals surface area (Å²) in [5, 5.41) is 3.49. The van der Waals surface area contributed by atoms with Crippen molar-refractivity contribution in [3.63, 3.8) is 0 Å². The molecule has 0 spiro atoms. The lowest BCUT2D eigenvalue weighted by atomic mass is 9.80. The summed E-state index contributed by atoms with van der Waals surface area (Å²) in [6.07, 6.45) is 3.61. The first-order chi connectivity index (χ1) is 9.24. The smallest absolute Gasteiger partial charge is 0.123 e. The molecular formula is C15H21N3O. The molecule has 1 aromatic heterocycles. The van der Waals surface area contributed by atoms with Gasteiger partial charge in [0, 0.05) is 20.7 Å². The fourth-order valence-electron chi connectivity index (χ4n) is 2.78. The Kier molecular flexibility index (Phi) is 3.29. The normalized spacial score (nSPS) is 17.6. The number of benzene rings is 1. The zero-order valence-electron chi connectivity index (χ0n) is 11.6. The van der Waals surface area contributed by atoms with Crippen LogP contribution in [-0.4, -0.2) is 28.8 Å². The molecule has 0 amide bonds. The van der Waals surface area contributed by atoms with E-state index in [0.29, 0.717) is 0 Å². The Labute approximate surface area is 113 Å². The number of imidazole rings is 1. The van der Waals surface area contributed by atoms with Gasteiger partial charge in [-0.2, -0.15) is 0 Å². The summed E-state index contributed by atoms with van der Waals surface area (Å²) in [6, 6.07) is 8.24. The molecule has 19 heavy (non-hydrogen) atoms. The highest BCUT2D eigenvalue weighted by molar-refractivity contribution is 5.75. The molecule has 0 radical (unpaired) electrons. The molecule has 0 aliphatic heterocycles. The van der Waals surface area contributed by atoms with Gasteiger partial charge < -0.3 is 14.6 Å². The van der Waals surface area contributed by atoms with Crippen molar-refractivity contribution >= 4 is 11.0 Å². The van der Waals surface area contributed by atoms with Crippen molar-refractivity contribution in [2.24, 2.45) is 7.05 Å². The Morgan fingerprint density at radius 2 is 2.16 bits per heavy atom. The molecule has 0 saturated heterocycles. The van der Waals surface area contributed by atoms with Crippen LogP contribution < -0.4 is 5.32 Å². The first-order valence-corrected chi connectivity index (χ1v) is 6.90. The molecule has 1 heterocycles. The third-order valence-electron chi connectivity index (χ3n) is 4.31. The number of aromatic nitrogens is 2. The van der Waals surface area contributed by atoms with Crippen LogP contribution in [0.3, 0.4) is 0 Å². The lowest BCUT2D eigenvalue weighted by Crippen LogP contribution is -2.47. The van der Waals surface area contributed by atoms with Crippen LogP contribution in [0.5, 0.6) is 0 Å². The minimum Gasteiger partial charge on any atom is -0.377 e. The van der Waals surface area contributed by atoms with Crippen LogP contribution in [0.15, 0.2) is 24.3 Å². The average molecular weight is 259 g/mol. The summed E-state index contributed by atoms with van der Waals surface area (Å²) in [5.41, 5.74) is 2.32. The Morgan fingerprint density at radius 1 is 1.37 bits per heavy atom. The van der Waals surface area contributed by atoms with Gasteiger partial charge >= 0.3 is 0 Å². The van der Waals surface area contributed by atoms with E-state index in [1.807, 2.05) is 13.2 Å². The molecular weight excluding hydrogens is 238 g/mol. The largest absolute Gasteiger partial charge is 0.377 e. The number of methoxy groups -OCH3 is 1. The summed E-state index contributed by atoms with van der Waals surface area (Å²) in [4.78, 5) is 4.66. The minimum atomic E-state index is 0.0740. The molecule has 4 nitrogen and oxygen atoms in total. The topological polar surface area (TPSA) is 39.1 Å².